The maximum absolute atomic E-state index is 9.08. The molecule has 0 N–H and O–H groups in total. The molecule has 2 rings (SSSR count). The van der Waals surface area contributed by atoms with Gasteiger partial charge in [0, 0.05) is 4.47 Å². The Morgan fingerprint density at radius 1 is 1.25 bits per heavy atom. The first-order valence-corrected chi connectivity index (χ1v) is 5.50. The van der Waals surface area contributed by atoms with Crippen LogP contribution in [0.15, 0.2) is 51.6 Å². The molecule has 2 aromatic rings. The minimum absolute atomic E-state index is 0.586. The maximum Gasteiger partial charge on any atom is 0.127 e. The highest BCUT2D eigenvalue weighted by molar-refractivity contribution is 9.10. The predicted molar refractivity (Wildman–Crippen MR) is 66.3 cm³/mol. The first-order valence-electron chi connectivity index (χ1n) is 4.71. The number of furan rings is 1. The lowest BCUT2D eigenvalue weighted by Gasteiger charge is -1.98. The van der Waals surface area contributed by atoms with Crippen molar-refractivity contribution in [1.82, 2.24) is 0 Å². The second-order valence-corrected chi connectivity index (χ2v) is 4.11. The number of hydrogen-bond acceptors (Lipinski definition) is 2. The largest absolute Gasteiger partial charge is 0.465 e. The van der Waals surface area contributed by atoms with Gasteiger partial charge in [-0.3, -0.25) is 0 Å². The fraction of sp³-hybridized carbons (Fsp3) is 0. The number of allylic oxidation sites excluding steroid dienone is 1. The number of nitriles is 1. The number of benzene rings is 1. The first-order chi connectivity index (χ1) is 7.79. The van der Waals surface area contributed by atoms with Crippen LogP contribution in [0.5, 0.6) is 0 Å². The van der Waals surface area contributed by atoms with Crippen LogP contribution in [-0.4, -0.2) is 0 Å². The highest BCUT2D eigenvalue weighted by atomic mass is 79.9. The molecule has 2 nitrogen and oxygen atoms in total. The Balaban J connectivity index is 2.37. The molecule has 3 heteroatoms. The van der Waals surface area contributed by atoms with Crippen LogP contribution in [0.1, 0.15) is 11.3 Å². The lowest BCUT2D eigenvalue weighted by Crippen LogP contribution is -1.80. The number of rotatable bonds is 2. The van der Waals surface area contributed by atoms with Crippen molar-refractivity contribution in [2.24, 2.45) is 0 Å². The predicted octanol–water partition coefficient (Wildman–Crippen LogP) is 4.11. The van der Waals surface area contributed by atoms with Gasteiger partial charge in [0.1, 0.15) is 5.76 Å². The van der Waals surface area contributed by atoms with Crippen molar-refractivity contribution in [3.05, 3.63) is 58.5 Å². The molecule has 1 aromatic heterocycles. The second-order valence-electron chi connectivity index (χ2n) is 3.19. The topological polar surface area (TPSA) is 36.9 Å². The van der Waals surface area contributed by atoms with E-state index in [0.29, 0.717) is 11.3 Å². The van der Waals surface area contributed by atoms with Gasteiger partial charge >= 0.3 is 0 Å². The molecule has 0 spiro atoms. The molecule has 1 aromatic carbocycles. The minimum Gasteiger partial charge on any atom is -0.465 e. The lowest BCUT2D eigenvalue weighted by molar-refractivity contribution is 0.557. The Labute approximate surface area is 102 Å². The molecule has 0 aliphatic rings. The molecule has 0 saturated heterocycles. The number of hydrogen-bond donors (Lipinski definition) is 0. The molecule has 0 aliphatic heterocycles. The van der Waals surface area contributed by atoms with Crippen LogP contribution >= 0.6 is 15.9 Å². The van der Waals surface area contributed by atoms with Gasteiger partial charge in [-0.25, -0.2) is 0 Å². The Kier molecular flexibility index (Phi) is 3.23. The van der Waals surface area contributed by atoms with E-state index >= 15 is 0 Å². The van der Waals surface area contributed by atoms with E-state index in [1.165, 1.54) is 0 Å². The van der Waals surface area contributed by atoms with Gasteiger partial charge in [0.25, 0.3) is 0 Å². The molecular weight excluding hydrogens is 266 g/mol. The van der Waals surface area contributed by atoms with E-state index in [1.807, 2.05) is 30.3 Å². The van der Waals surface area contributed by atoms with Crippen LogP contribution in [0, 0.1) is 11.3 Å². The maximum atomic E-state index is 9.08. The van der Waals surface area contributed by atoms with E-state index in [-0.39, 0.29) is 0 Å². The third kappa shape index (κ3) is 2.41. The van der Waals surface area contributed by atoms with Crippen molar-refractivity contribution < 1.29 is 4.42 Å². The van der Waals surface area contributed by atoms with Gasteiger partial charge in [-0.15, -0.1) is 0 Å². The van der Waals surface area contributed by atoms with Gasteiger partial charge in [-0.2, -0.15) is 5.26 Å². The highest BCUT2D eigenvalue weighted by Gasteiger charge is 2.01. The van der Waals surface area contributed by atoms with Crippen LogP contribution in [0.2, 0.25) is 0 Å². The van der Waals surface area contributed by atoms with Crippen molar-refractivity contribution in [2.75, 3.05) is 0 Å². The SMILES string of the molecule is N#C/C(=C\c1ccco1)c1ccc(Br)cc1. The summed E-state index contributed by atoms with van der Waals surface area (Å²) in [5.74, 6) is 0.680. The zero-order valence-corrected chi connectivity index (χ0v) is 9.94. The van der Waals surface area contributed by atoms with Crippen LogP contribution in [0.3, 0.4) is 0 Å². The van der Waals surface area contributed by atoms with Crippen molar-refractivity contribution in [3.8, 4) is 6.07 Å². The summed E-state index contributed by atoms with van der Waals surface area (Å²) < 4.78 is 6.17. The van der Waals surface area contributed by atoms with Gasteiger partial charge in [-0.1, -0.05) is 28.1 Å². The molecule has 0 unspecified atom stereocenters. The Morgan fingerprint density at radius 2 is 2.00 bits per heavy atom. The summed E-state index contributed by atoms with van der Waals surface area (Å²) in [6, 6.07) is 13.4. The molecule has 0 fully saturated rings. The third-order valence-corrected chi connectivity index (χ3v) is 2.63. The highest BCUT2D eigenvalue weighted by Crippen LogP contribution is 2.20. The molecule has 0 radical (unpaired) electrons. The first kappa shape index (κ1) is 10.7. The van der Waals surface area contributed by atoms with E-state index < -0.39 is 0 Å². The monoisotopic (exact) mass is 273 g/mol. The molecule has 16 heavy (non-hydrogen) atoms. The zero-order chi connectivity index (χ0) is 11.4. The number of nitrogens with zero attached hydrogens (tertiary/aromatic N) is 1. The summed E-state index contributed by atoms with van der Waals surface area (Å²) in [7, 11) is 0. The second kappa shape index (κ2) is 4.82. The Morgan fingerprint density at radius 3 is 2.56 bits per heavy atom. The molecule has 1 heterocycles. The molecule has 0 bridgehead atoms. The van der Waals surface area contributed by atoms with Gasteiger partial charge in [0.15, 0.2) is 0 Å². The minimum atomic E-state index is 0.586. The van der Waals surface area contributed by atoms with Crippen molar-refractivity contribution in [3.63, 3.8) is 0 Å². The molecule has 78 valence electrons. The quantitative estimate of drug-likeness (QED) is 0.773. The Bertz CT molecular complexity index is 532. The van der Waals surface area contributed by atoms with Crippen LogP contribution in [0.25, 0.3) is 11.6 Å². The van der Waals surface area contributed by atoms with Gasteiger partial charge < -0.3 is 4.42 Å². The average molecular weight is 274 g/mol. The average Bonchev–Trinajstić information content (AvgIpc) is 2.80. The number of halogens is 1. The smallest absolute Gasteiger partial charge is 0.127 e. The van der Waals surface area contributed by atoms with Crippen molar-refractivity contribution >= 4 is 27.6 Å². The van der Waals surface area contributed by atoms with Crippen LogP contribution in [-0.2, 0) is 0 Å². The van der Waals surface area contributed by atoms with E-state index in [0.717, 1.165) is 10.0 Å². The van der Waals surface area contributed by atoms with E-state index in [2.05, 4.69) is 22.0 Å². The van der Waals surface area contributed by atoms with Crippen molar-refractivity contribution in [2.45, 2.75) is 0 Å². The van der Waals surface area contributed by atoms with Gasteiger partial charge in [0.2, 0.25) is 0 Å². The summed E-state index contributed by atoms with van der Waals surface area (Å²) in [4.78, 5) is 0. The zero-order valence-electron chi connectivity index (χ0n) is 8.35. The van der Waals surface area contributed by atoms with Crippen LogP contribution in [0.4, 0.5) is 0 Å². The van der Waals surface area contributed by atoms with E-state index in [4.69, 9.17) is 9.68 Å². The molecular formula is C13H8BrNO. The van der Waals surface area contributed by atoms with Crippen LogP contribution < -0.4 is 0 Å². The normalized spacial score (nSPS) is 11.1. The summed E-state index contributed by atoms with van der Waals surface area (Å²) >= 11 is 3.36. The Hall–Kier alpha value is -1.79. The fourth-order valence-corrected chi connectivity index (χ4v) is 1.59. The van der Waals surface area contributed by atoms with E-state index in [1.54, 1.807) is 18.4 Å². The molecule has 0 atom stereocenters. The van der Waals surface area contributed by atoms with Gasteiger partial charge in [-0.05, 0) is 35.9 Å². The molecule has 0 aliphatic carbocycles. The fourth-order valence-electron chi connectivity index (χ4n) is 1.33. The summed E-state index contributed by atoms with van der Waals surface area (Å²) in [5, 5.41) is 9.08. The third-order valence-electron chi connectivity index (χ3n) is 2.11. The van der Waals surface area contributed by atoms with Gasteiger partial charge in [0.05, 0.1) is 17.9 Å². The lowest BCUT2D eigenvalue weighted by atomic mass is 10.1. The standard InChI is InChI=1S/C13H8BrNO/c14-12-5-3-10(4-6-12)11(9-15)8-13-2-1-7-16-13/h1-8H/b11-8+. The molecule has 0 amide bonds. The summed E-state index contributed by atoms with van der Waals surface area (Å²) in [6.45, 7) is 0. The van der Waals surface area contributed by atoms with E-state index in [9.17, 15) is 0 Å². The summed E-state index contributed by atoms with van der Waals surface area (Å²) in [5.41, 5.74) is 1.46. The van der Waals surface area contributed by atoms with Crippen molar-refractivity contribution in [1.29, 1.82) is 5.26 Å². The molecule has 0 saturated carbocycles. The summed E-state index contributed by atoms with van der Waals surface area (Å²) in [6.07, 6.45) is 3.31.